The van der Waals surface area contributed by atoms with Gasteiger partial charge < -0.3 is 5.32 Å². The Balaban J connectivity index is 2.55. The molecule has 3 nitrogen and oxygen atoms in total. The molecule has 0 fully saturated rings. The van der Waals surface area contributed by atoms with Gasteiger partial charge in [0.1, 0.15) is 0 Å². The molecule has 0 aliphatic carbocycles. The van der Waals surface area contributed by atoms with Gasteiger partial charge >= 0.3 is 12.3 Å². The molecule has 0 unspecified atom stereocenters. The van der Waals surface area contributed by atoms with Gasteiger partial charge in [0.2, 0.25) is 0 Å². The maximum Gasteiger partial charge on any atom is 0.485 e. The number of carbonyl (C=O) groups excluding carboxylic acids is 1. The van der Waals surface area contributed by atoms with Gasteiger partial charge in [-0.1, -0.05) is 11.6 Å². The largest absolute Gasteiger partial charge is 0.485 e. The summed E-state index contributed by atoms with van der Waals surface area (Å²) in [5.41, 5.74) is 0.223. The Kier molecular flexibility index (Phi) is 3.41. The molecular weight excluding hydrogens is 233 g/mol. The number of rotatable bonds is 1. The van der Waals surface area contributed by atoms with Crippen molar-refractivity contribution < 1.29 is 18.0 Å². The lowest BCUT2D eigenvalue weighted by atomic mass is 10.3. The van der Waals surface area contributed by atoms with Crippen LogP contribution in [0.2, 0.25) is 5.02 Å². The first-order valence-electron chi connectivity index (χ1n) is 3.78. The number of benzene rings is 1. The molecule has 82 valence electrons. The second-order valence-corrected chi connectivity index (χ2v) is 3.02. The third-order valence-corrected chi connectivity index (χ3v) is 1.61. The predicted molar refractivity (Wildman–Crippen MR) is 49.7 cm³/mol. The summed E-state index contributed by atoms with van der Waals surface area (Å²) in [6.07, 6.45) is -4.74. The maximum absolute atomic E-state index is 11.7. The molecule has 0 spiro atoms. The van der Waals surface area contributed by atoms with Crippen molar-refractivity contribution in [2.45, 2.75) is 6.30 Å². The minimum absolute atomic E-state index is 0.223. The first-order chi connectivity index (χ1) is 6.87. The van der Waals surface area contributed by atoms with Gasteiger partial charge in [-0.25, -0.2) is 10.1 Å². The van der Waals surface area contributed by atoms with E-state index in [2.05, 4.69) is 0 Å². The Morgan fingerprint density at radius 2 is 1.73 bits per heavy atom. The van der Waals surface area contributed by atoms with Crippen molar-refractivity contribution in [1.29, 1.82) is 0 Å². The first-order valence-corrected chi connectivity index (χ1v) is 4.16. The summed E-state index contributed by atoms with van der Waals surface area (Å²) in [6, 6.07) is 4.33. The van der Waals surface area contributed by atoms with Crippen LogP contribution in [0.1, 0.15) is 0 Å². The molecule has 0 aromatic heterocycles. The Labute approximate surface area is 88.2 Å². The topological polar surface area (TPSA) is 41.1 Å². The highest BCUT2D eigenvalue weighted by Gasteiger charge is 2.29. The van der Waals surface area contributed by atoms with E-state index in [4.69, 9.17) is 11.6 Å². The summed E-state index contributed by atoms with van der Waals surface area (Å²) in [4.78, 5) is 10.7. The molecule has 2 N–H and O–H groups in total. The van der Waals surface area contributed by atoms with Crippen LogP contribution >= 0.6 is 11.6 Å². The number of alkyl halides is 3. The molecule has 2 amide bonds. The van der Waals surface area contributed by atoms with E-state index in [0.717, 1.165) is 5.32 Å². The maximum atomic E-state index is 11.7. The Morgan fingerprint density at radius 1 is 1.20 bits per heavy atom. The minimum atomic E-state index is -4.74. The average molecular weight is 239 g/mol. The van der Waals surface area contributed by atoms with E-state index in [-0.39, 0.29) is 5.69 Å². The summed E-state index contributed by atoms with van der Waals surface area (Å²) >= 11 is 5.55. The van der Waals surface area contributed by atoms with Crippen LogP contribution < -0.4 is 10.6 Å². The molecule has 0 atom stereocenters. The van der Waals surface area contributed by atoms with Gasteiger partial charge in [0, 0.05) is 10.7 Å². The zero-order chi connectivity index (χ0) is 11.5. The average Bonchev–Trinajstić information content (AvgIpc) is 2.05. The van der Waals surface area contributed by atoms with E-state index >= 15 is 0 Å². The second-order valence-electron chi connectivity index (χ2n) is 2.58. The van der Waals surface area contributed by atoms with Crippen LogP contribution in [-0.4, -0.2) is 12.3 Å². The van der Waals surface area contributed by atoms with Crippen LogP contribution in [0.25, 0.3) is 0 Å². The van der Waals surface area contributed by atoms with E-state index in [1.54, 1.807) is 0 Å². The predicted octanol–water partition coefficient (Wildman–Crippen LogP) is 2.98. The van der Waals surface area contributed by atoms with Crippen LogP contribution in [-0.2, 0) is 0 Å². The fraction of sp³-hybridized carbons (Fsp3) is 0.125. The third-order valence-electron chi connectivity index (χ3n) is 1.36. The Bertz CT molecular complexity index is 350. The summed E-state index contributed by atoms with van der Waals surface area (Å²) in [5, 5.41) is 3.22. The van der Waals surface area contributed by atoms with Crippen LogP contribution in [0, 0.1) is 0 Å². The lowest BCUT2D eigenvalue weighted by molar-refractivity contribution is -0.144. The van der Waals surface area contributed by atoms with Crippen molar-refractivity contribution in [2.24, 2.45) is 0 Å². The number of halogens is 4. The molecule has 0 radical (unpaired) electrons. The lowest BCUT2D eigenvalue weighted by Crippen LogP contribution is -2.40. The van der Waals surface area contributed by atoms with E-state index in [9.17, 15) is 18.0 Å². The number of nitrogens with one attached hydrogen (secondary N) is 2. The van der Waals surface area contributed by atoms with E-state index in [0.29, 0.717) is 5.02 Å². The molecule has 7 heteroatoms. The molecule has 0 aliphatic heterocycles. The second kappa shape index (κ2) is 4.39. The van der Waals surface area contributed by atoms with E-state index in [1.165, 1.54) is 24.3 Å². The standard InChI is InChI=1S/C8H6ClF3N2O/c9-5-1-3-6(4-2-5)13-7(15)14-8(10,11)12/h1-4H,(H2,13,14,15). The van der Waals surface area contributed by atoms with Gasteiger partial charge in [-0.05, 0) is 24.3 Å². The fourth-order valence-corrected chi connectivity index (χ4v) is 0.950. The van der Waals surface area contributed by atoms with Crippen molar-refractivity contribution >= 4 is 23.3 Å². The van der Waals surface area contributed by atoms with Gasteiger partial charge in [0.15, 0.2) is 0 Å². The van der Waals surface area contributed by atoms with Crippen LogP contribution in [0.3, 0.4) is 0 Å². The van der Waals surface area contributed by atoms with Gasteiger partial charge in [0.05, 0.1) is 0 Å². The van der Waals surface area contributed by atoms with Crippen LogP contribution in [0.15, 0.2) is 24.3 Å². The highest BCUT2D eigenvalue weighted by atomic mass is 35.5. The fourth-order valence-electron chi connectivity index (χ4n) is 0.824. The summed E-state index contributed by atoms with van der Waals surface area (Å²) in [7, 11) is 0. The third kappa shape index (κ3) is 4.55. The monoisotopic (exact) mass is 238 g/mol. The summed E-state index contributed by atoms with van der Waals surface area (Å²) in [6.45, 7) is 0. The molecule has 1 aromatic carbocycles. The van der Waals surface area contributed by atoms with Crippen LogP contribution in [0.5, 0.6) is 0 Å². The number of hydrogen-bond donors (Lipinski definition) is 2. The number of urea groups is 1. The Morgan fingerprint density at radius 3 is 2.20 bits per heavy atom. The molecular formula is C8H6ClF3N2O. The normalized spacial score (nSPS) is 10.9. The number of carbonyl (C=O) groups is 1. The Hall–Kier alpha value is -1.43. The number of amides is 2. The highest BCUT2D eigenvalue weighted by Crippen LogP contribution is 2.14. The molecule has 15 heavy (non-hydrogen) atoms. The molecule has 1 rings (SSSR count). The zero-order valence-electron chi connectivity index (χ0n) is 7.23. The van der Waals surface area contributed by atoms with Crippen molar-refractivity contribution in [1.82, 2.24) is 5.32 Å². The molecule has 0 aliphatic rings. The molecule has 0 bridgehead atoms. The van der Waals surface area contributed by atoms with Gasteiger partial charge in [-0.2, -0.15) is 13.2 Å². The van der Waals surface area contributed by atoms with Gasteiger partial charge in [-0.15, -0.1) is 0 Å². The summed E-state index contributed by atoms with van der Waals surface area (Å²) in [5.74, 6) is 0. The smallest absolute Gasteiger partial charge is 0.308 e. The van der Waals surface area contributed by atoms with Gasteiger partial charge in [-0.3, -0.25) is 0 Å². The SMILES string of the molecule is O=C(Nc1ccc(Cl)cc1)NC(F)(F)F. The highest BCUT2D eigenvalue weighted by molar-refractivity contribution is 6.30. The van der Waals surface area contributed by atoms with Crippen molar-refractivity contribution in [3.8, 4) is 0 Å². The van der Waals surface area contributed by atoms with Crippen molar-refractivity contribution in [2.75, 3.05) is 5.32 Å². The van der Waals surface area contributed by atoms with Gasteiger partial charge in [0.25, 0.3) is 0 Å². The van der Waals surface area contributed by atoms with Crippen molar-refractivity contribution in [3.63, 3.8) is 0 Å². The molecule has 0 heterocycles. The molecule has 1 aromatic rings. The molecule has 0 saturated carbocycles. The zero-order valence-corrected chi connectivity index (χ0v) is 7.99. The van der Waals surface area contributed by atoms with Crippen molar-refractivity contribution in [3.05, 3.63) is 29.3 Å². The summed E-state index contributed by atoms with van der Waals surface area (Å²) < 4.78 is 35.0. The van der Waals surface area contributed by atoms with Crippen LogP contribution in [0.4, 0.5) is 23.7 Å². The lowest BCUT2D eigenvalue weighted by Gasteiger charge is -2.09. The molecule has 0 saturated heterocycles. The first kappa shape index (κ1) is 11.6. The number of anilines is 1. The van der Waals surface area contributed by atoms with E-state index in [1.807, 2.05) is 5.32 Å². The number of hydrogen-bond acceptors (Lipinski definition) is 1. The van der Waals surface area contributed by atoms with E-state index < -0.39 is 12.3 Å². The quantitative estimate of drug-likeness (QED) is 0.726. The minimum Gasteiger partial charge on any atom is -0.308 e.